The minimum Gasteiger partial charge on any atom is -0.394 e. The number of hydrogen-bond donors (Lipinski definition) is 3. The van der Waals surface area contributed by atoms with Crippen LogP contribution in [-0.4, -0.2) is 51.4 Å². The second-order valence-corrected chi connectivity index (χ2v) is 11.4. The minimum absolute atomic E-state index is 0.00383. The first-order valence-corrected chi connectivity index (χ1v) is 15.1. The van der Waals surface area contributed by atoms with Crippen molar-refractivity contribution in [3.63, 3.8) is 0 Å². The first-order valence-electron chi connectivity index (χ1n) is 15.1. The van der Waals surface area contributed by atoms with Crippen LogP contribution in [0.1, 0.15) is 43.4 Å². The number of amides is 5. The van der Waals surface area contributed by atoms with Gasteiger partial charge in [-0.15, -0.1) is 0 Å². The van der Waals surface area contributed by atoms with Gasteiger partial charge in [-0.2, -0.15) is 5.01 Å². The normalized spacial score (nSPS) is 16.3. The molecule has 4 rings (SSSR count). The van der Waals surface area contributed by atoms with Crippen LogP contribution < -0.4 is 10.9 Å². The summed E-state index contributed by atoms with van der Waals surface area (Å²) in [4.78, 5) is 60.8. The molecule has 0 spiro atoms. The van der Waals surface area contributed by atoms with Crippen LogP contribution >= 0.6 is 0 Å². The summed E-state index contributed by atoms with van der Waals surface area (Å²) in [5.41, 5.74) is 7.55. The Morgan fingerprint density at radius 3 is 2.07 bits per heavy atom. The van der Waals surface area contributed by atoms with Gasteiger partial charge in [0.05, 0.1) is 25.0 Å². The number of benzene rings is 3. The number of hydrazine groups is 1. The maximum Gasteiger partial charge on any atom is 0.347 e. The van der Waals surface area contributed by atoms with E-state index in [0.29, 0.717) is 11.4 Å². The fourth-order valence-electron chi connectivity index (χ4n) is 5.24. The summed E-state index contributed by atoms with van der Waals surface area (Å²) in [6.45, 7) is 3.46. The quantitative estimate of drug-likeness (QED) is 0.172. The Balaban J connectivity index is 1.54. The second-order valence-electron chi connectivity index (χ2n) is 11.4. The summed E-state index contributed by atoms with van der Waals surface area (Å²) < 4.78 is 0. The molecule has 3 N–H and O–H groups in total. The largest absolute Gasteiger partial charge is 0.394 e. The van der Waals surface area contributed by atoms with E-state index in [-0.39, 0.29) is 25.5 Å². The Hall–Kier alpha value is -4.80. The predicted molar refractivity (Wildman–Crippen MR) is 169 cm³/mol. The van der Waals surface area contributed by atoms with Gasteiger partial charge in [-0.3, -0.25) is 24.6 Å². The lowest BCUT2D eigenvalue weighted by Gasteiger charge is -2.28. The van der Waals surface area contributed by atoms with Crippen molar-refractivity contribution in [3.8, 4) is 0 Å². The molecule has 3 aromatic rings. The van der Waals surface area contributed by atoms with Crippen molar-refractivity contribution in [2.45, 2.75) is 45.9 Å². The fraction of sp³-hybridized carbons (Fsp3) is 0.314. The van der Waals surface area contributed by atoms with E-state index >= 15 is 0 Å². The zero-order valence-electron chi connectivity index (χ0n) is 25.5. The number of aliphatic hydroxyl groups is 1. The highest BCUT2D eigenvalue weighted by molar-refractivity contribution is 6.05. The van der Waals surface area contributed by atoms with Gasteiger partial charge in [0, 0.05) is 6.54 Å². The van der Waals surface area contributed by atoms with E-state index in [1.165, 1.54) is 4.90 Å². The molecule has 3 aromatic carbocycles. The molecule has 1 fully saturated rings. The van der Waals surface area contributed by atoms with Crippen LogP contribution in [0, 0.1) is 17.8 Å². The number of nitrogens with one attached hydrogen (secondary N) is 2. The van der Waals surface area contributed by atoms with E-state index < -0.39 is 48.2 Å². The van der Waals surface area contributed by atoms with Gasteiger partial charge < -0.3 is 10.0 Å². The molecular weight excluding hydrogens is 572 g/mol. The van der Waals surface area contributed by atoms with Crippen LogP contribution in [0.5, 0.6) is 0 Å². The predicted octanol–water partition coefficient (Wildman–Crippen LogP) is 4.47. The van der Waals surface area contributed by atoms with Gasteiger partial charge in [0.15, 0.2) is 0 Å². The fourth-order valence-corrected chi connectivity index (χ4v) is 5.24. The van der Waals surface area contributed by atoms with Crippen molar-refractivity contribution in [2.75, 3.05) is 6.61 Å². The summed E-state index contributed by atoms with van der Waals surface area (Å²) in [5.74, 6) is -3.69. The summed E-state index contributed by atoms with van der Waals surface area (Å²) >= 11 is 0. The molecule has 10 heteroatoms. The molecule has 1 aliphatic heterocycles. The van der Waals surface area contributed by atoms with Gasteiger partial charge in [-0.1, -0.05) is 117 Å². The third-order valence-corrected chi connectivity index (χ3v) is 7.55. The van der Waals surface area contributed by atoms with Crippen molar-refractivity contribution < 1.29 is 29.1 Å². The van der Waals surface area contributed by atoms with Gasteiger partial charge in [-0.25, -0.2) is 10.3 Å². The average molecular weight is 613 g/mol. The van der Waals surface area contributed by atoms with Crippen molar-refractivity contribution in [1.82, 2.24) is 20.8 Å². The van der Waals surface area contributed by atoms with Crippen molar-refractivity contribution in [1.29, 1.82) is 0 Å². The SMILES string of the molecule is CC(C)CC(C(=O)NN1C(=O)C(CO)N(Cc2ccccc2)C1=O)[C@@H](C/C=C\c1ccccc1)C(=O)NOCc1ccccc1. The first kappa shape index (κ1) is 33.1. The standard InChI is InChI=1S/C35H40N4O6/c1-25(2)21-30(32(41)36-39-34(43)31(23-40)38(35(39)44)22-27-15-8-4-9-16-27)29(20-12-19-26-13-6-3-7-14-26)33(42)37-45-24-28-17-10-5-11-18-28/h3-19,25,29-31,40H,20-24H2,1-2H3,(H,36,41)(H,37,42)/b19-12-/t29-,30?,31?/m1/s1. The minimum atomic E-state index is -1.15. The molecule has 1 aliphatic rings. The van der Waals surface area contributed by atoms with Crippen molar-refractivity contribution >= 4 is 29.8 Å². The van der Waals surface area contributed by atoms with Crippen LogP contribution in [0.4, 0.5) is 4.79 Å². The Bertz CT molecular complexity index is 1450. The third kappa shape index (κ3) is 9.10. The van der Waals surface area contributed by atoms with Crippen LogP contribution in [0.15, 0.2) is 97.1 Å². The van der Waals surface area contributed by atoms with E-state index in [1.54, 1.807) is 12.1 Å². The number of carbonyl (C=O) groups is 4. The summed E-state index contributed by atoms with van der Waals surface area (Å²) in [5, 5.41) is 10.6. The number of hydrogen-bond acceptors (Lipinski definition) is 6. The highest BCUT2D eigenvalue weighted by Gasteiger charge is 2.47. The highest BCUT2D eigenvalue weighted by atomic mass is 16.6. The number of nitrogens with zero attached hydrogens (tertiary/aromatic N) is 2. The number of rotatable bonds is 15. The summed E-state index contributed by atoms with van der Waals surface area (Å²) in [6, 6.07) is 26.1. The zero-order chi connectivity index (χ0) is 32.2. The Labute approximate surface area is 263 Å². The molecule has 0 aliphatic carbocycles. The molecular formula is C35H40N4O6. The molecule has 1 heterocycles. The highest BCUT2D eigenvalue weighted by Crippen LogP contribution is 2.27. The average Bonchev–Trinajstić information content (AvgIpc) is 3.26. The number of carbonyl (C=O) groups excluding carboxylic acids is 4. The second kappa shape index (κ2) is 16.3. The number of hydroxylamine groups is 1. The van der Waals surface area contributed by atoms with E-state index in [9.17, 15) is 24.3 Å². The van der Waals surface area contributed by atoms with Crippen molar-refractivity contribution in [3.05, 3.63) is 114 Å². The number of aliphatic hydroxyl groups excluding tert-OH is 1. The monoisotopic (exact) mass is 612 g/mol. The molecule has 0 aromatic heterocycles. The maximum absolute atomic E-state index is 13.9. The first-order chi connectivity index (χ1) is 21.8. The number of allylic oxidation sites excluding steroid dienone is 1. The molecule has 10 nitrogen and oxygen atoms in total. The van der Waals surface area contributed by atoms with E-state index in [2.05, 4.69) is 10.9 Å². The van der Waals surface area contributed by atoms with Gasteiger partial charge in [0.25, 0.3) is 5.91 Å². The molecule has 3 atom stereocenters. The molecule has 1 saturated heterocycles. The van der Waals surface area contributed by atoms with Gasteiger partial charge in [-0.05, 0) is 35.4 Å². The van der Waals surface area contributed by atoms with E-state index in [4.69, 9.17) is 4.84 Å². The summed E-state index contributed by atoms with van der Waals surface area (Å²) in [6.07, 6.45) is 4.19. The van der Waals surface area contributed by atoms with Gasteiger partial charge in [0.2, 0.25) is 11.8 Å². The topological polar surface area (TPSA) is 128 Å². The lowest BCUT2D eigenvalue weighted by molar-refractivity contribution is -0.147. The van der Waals surface area contributed by atoms with Crippen LogP contribution in [0.3, 0.4) is 0 Å². The van der Waals surface area contributed by atoms with Crippen LogP contribution in [-0.2, 0) is 32.4 Å². The Morgan fingerprint density at radius 2 is 1.47 bits per heavy atom. The van der Waals surface area contributed by atoms with Gasteiger partial charge >= 0.3 is 6.03 Å². The summed E-state index contributed by atoms with van der Waals surface area (Å²) in [7, 11) is 0. The number of urea groups is 1. The van der Waals surface area contributed by atoms with Crippen LogP contribution in [0.2, 0.25) is 0 Å². The van der Waals surface area contributed by atoms with Gasteiger partial charge in [0.1, 0.15) is 6.04 Å². The Kier molecular flexibility index (Phi) is 12.0. The smallest absolute Gasteiger partial charge is 0.347 e. The lowest BCUT2D eigenvalue weighted by atomic mass is 9.82. The molecule has 0 saturated carbocycles. The Morgan fingerprint density at radius 1 is 0.867 bits per heavy atom. The molecule has 45 heavy (non-hydrogen) atoms. The number of imide groups is 1. The third-order valence-electron chi connectivity index (χ3n) is 7.55. The lowest BCUT2D eigenvalue weighted by Crippen LogP contribution is -2.51. The molecule has 5 amide bonds. The van der Waals surface area contributed by atoms with Crippen molar-refractivity contribution in [2.24, 2.45) is 17.8 Å². The zero-order valence-corrected chi connectivity index (χ0v) is 25.5. The van der Waals surface area contributed by atoms with E-state index in [0.717, 1.165) is 16.7 Å². The molecule has 2 unspecified atom stereocenters. The van der Waals surface area contributed by atoms with E-state index in [1.807, 2.05) is 105 Å². The van der Waals surface area contributed by atoms with Crippen LogP contribution in [0.25, 0.3) is 6.08 Å². The molecule has 0 bridgehead atoms. The molecule has 0 radical (unpaired) electrons. The molecule has 236 valence electrons. The maximum atomic E-state index is 13.9.